The van der Waals surface area contributed by atoms with Gasteiger partial charge in [-0.3, -0.25) is 4.79 Å². The fraction of sp³-hybridized carbons (Fsp3) is 0.629. The number of ether oxygens (including phenoxy) is 1. The molecule has 1 saturated heterocycles. The first-order valence-corrected chi connectivity index (χ1v) is 16.3. The summed E-state index contributed by atoms with van der Waals surface area (Å²) in [7, 11) is 2.17. The Bertz CT molecular complexity index is 1190. The number of nitrogens with zero attached hydrogens (tertiary/aromatic N) is 6. The molecule has 1 unspecified atom stereocenters. The van der Waals surface area contributed by atoms with Crippen LogP contribution in [-0.4, -0.2) is 90.7 Å². The number of likely N-dealkylation sites (tertiary alicyclic amines) is 1. The Morgan fingerprint density at radius 1 is 1.07 bits per heavy atom. The first kappa shape index (κ1) is 34.4. The Labute approximate surface area is 261 Å². The smallest absolute Gasteiger partial charge is 0.318 e. The molecule has 0 radical (unpaired) electrons. The minimum atomic E-state index is -0.0300. The van der Waals surface area contributed by atoms with Crippen molar-refractivity contribution in [1.29, 1.82) is 0 Å². The standard InChI is InChI=1S/C32H46N6O2.C2H6.CH4/c1-5-30(39)36(6-2)20-21-37(7-3)31-27-17-16-25(38-19-10-13-24-12-8-9-15-29(24)38)22-28(27)33-32(34-31)40-23-26-14-11-18-35(26)4;1-2;/h5,8-9,12,15,25-26H,1,6-7,10-11,13-14,16-23H2,2-4H3;1-2H3;1H4/t25?,26-;;/m0../s1. The van der Waals surface area contributed by atoms with E-state index in [0.29, 0.717) is 44.3 Å². The van der Waals surface area contributed by atoms with Crippen molar-refractivity contribution >= 4 is 17.4 Å². The zero-order valence-electron chi connectivity index (χ0n) is 26.6. The van der Waals surface area contributed by atoms with Gasteiger partial charge in [0.1, 0.15) is 12.4 Å². The first-order valence-electron chi connectivity index (χ1n) is 16.3. The van der Waals surface area contributed by atoms with E-state index >= 15 is 0 Å². The highest BCUT2D eigenvalue weighted by Gasteiger charge is 2.32. The molecule has 5 rings (SSSR count). The van der Waals surface area contributed by atoms with Gasteiger partial charge in [-0.05, 0) is 83.7 Å². The van der Waals surface area contributed by atoms with Crippen LogP contribution in [0.25, 0.3) is 0 Å². The van der Waals surface area contributed by atoms with Gasteiger partial charge in [0.2, 0.25) is 5.91 Å². The highest BCUT2D eigenvalue weighted by atomic mass is 16.5. The SMILES string of the molecule is C.C=CC(=O)N(CC)CCN(CC)c1nc(OC[C@@H]2CCCN2C)nc2c1CCC(N1CCCc3ccccc31)C2.CC. The molecule has 43 heavy (non-hydrogen) atoms. The van der Waals surface area contributed by atoms with Crippen LogP contribution in [0.1, 0.15) is 77.6 Å². The lowest BCUT2D eigenvalue weighted by atomic mass is 9.88. The molecular formula is C35H56N6O2. The number of benzene rings is 1. The van der Waals surface area contributed by atoms with Crippen molar-refractivity contribution in [3.05, 3.63) is 53.7 Å². The maximum Gasteiger partial charge on any atom is 0.318 e. The van der Waals surface area contributed by atoms with Crippen LogP contribution in [0.15, 0.2) is 36.9 Å². The van der Waals surface area contributed by atoms with E-state index in [1.54, 1.807) is 0 Å². The Balaban J connectivity index is 0.00000165. The lowest BCUT2D eigenvalue weighted by Gasteiger charge is -2.40. The second kappa shape index (κ2) is 16.6. The molecule has 8 heteroatoms. The molecule has 2 aromatic rings. The molecule has 3 aliphatic rings. The number of aromatic nitrogens is 2. The quantitative estimate of drug-likeness (QED) is 0.307. The third-order valence-electron chi connectivity index (χ3n) is 9.06. The summed E-state index contributed by atoms with van der Waals surface area (Å²) in [6, 6.07) is 10.2. The van der Waals surface area contributed by atoms with Crippen molar-refractivity contribution in [3.8, 4) is 6.01 Å². The number of rotatable bonds is 11. The normalized spacial score (nSPS) is 19.2. The van der Waals surface area contributed by atoms with E-state index in [0.717, 1.165) is 63.3 Å². The van der Waals surface area contributed by atoms with Crippen molar-refractivity contribution < 1.29 is 9.53 Å². The van der Waals surface area contributed by atoms with Gasteiger partial charge in [0, 0.05) is 62.5 Å². The maximum atomic E-state index is 12.3. The number of fused-ring (bicyclic) bond motifs is 2. The van der Waals surface area contributed by atoms with Gasteiger partial charge in [0.15, 0.2) is 0 Å². The summed E-state index contributed by atoms with van der Waals surface area (Å²) in [4.78, 5) is 31.5. The van der Waals surface area contributed by atoms with Gasteiger partial charge in [-0.1, -0.05) is 46.1 Å². The molecular weight excluding hydrogens is 536 g/mol. The van der Waals surface area contributed by atoms with Crippen molar-refractivity contribution in [3.63, 3.8) is 0 Å². The molecule has 1 aliphatic carbocycles. The first-order chi connectivity index (χ1) is 20.5. The number of hydrogen-bond acceptors (Lipinski definition) is 7. The molecule has 0 saturated carbocycles. The molecule has 8 nitrogen and oxygen atoms in total. The number of aryl methyl sites for hydroxylation is 1. The predicted octanol–water partition coefficient (Wildman–Crippen LogP) is 5.78. The van der Waals surface area contributed by atoms with E-state index in [4.69, 9.17) is 14.7 Å². The monoisotopic (exact) mass is 592 g/mol. The lowest BCUT2D eigenvalue weighted by Crippen LogP contribution is -2.43. The van der Waals surface area contributed by atoms with E-state index in [9.17, 15) is 4.79 Å². The van der Waals surface area contributed by atoms with Crippen molar-refractivity contribution in [2.45, 2.75) is 92.2 Å². The average Bonchev–Trinajstić information content (AvgIpc) is 3.46. The molecule has 1 aromatic carbocycles. The molecule has 1 fully saturated rings. The van der Waals surface area contributed by atoms with Gasteiger partial charge in [-0.25, -0.2) is 0 Å². The minimum absolute atomic E-state index is 0. The summed E-state index contributed by atoms with van der Waals surface area (Å²) in [6.45, 7) is 17.5. The highest BCUT2D eigenvalue weighted by Crippen LogP contribution is 2.36. The van der Waals surface area contributed by atoms with Crippen LogP contribution in [-0.2, 0) is 24.1 Å². The Morgan fingerprint density at radius 3 is 2.56 bits per heavy atom. The summed E-state index contributed by atoms with van der Waals surface area (Å²) >= 11 is 0. The second-order valence-corrected chi connectivity index (χ2v) is 11.4. The van der Waals surface area contributed by atoms with Gasteiger partial charge in [0.25, 0.3) is 0 Å². The summed E-state index contributed by atoms with van der Waals surface area (Å²) in [6.07, 6.45) is 9.03. The van der Waals surface area contributed by atoms with Crippen LogP contribution >= 0.6 is 0 Å². The van der Waals surface area contributed by atoms with Crippen LogP contribution in [0.5, 0.6) is 6.01 Å². The number of carbonyl (C=O) groups is 1. The molecule has 238 valence electrons. The Hall–Kier alpha value is -3.13. The molecule has 3 heterocycles. The molecule has 1 aromatic heterocycles. The molecule has 2 aliphatic heterocycles. The minimum Gasteiger partial charge on any atom is -0.462 e. The third-order valence-corrected chi connectivity index (χ3v) is 9.06. The number of likely N-dealkylation sites (N-methyl/N-ethyl adjacent to an activating group) is 3. The van der Waals surface area contributed by atoms with Crippen molar-refractivity contribution in [2.24, 2.45) is 0 Å². The van der Waals surface area contributed by atoms with Crippen LogP contribution in [0, 0.1) is 0 Å². The number of hydrogen-bond donors (Lipinski definition) is 0. The molecule has 2 atom stereocenters. The second-order valence-electron chi connectivity index (χ2n) is 11.4. The zero-order valence-corrected chi connectivity index (χ0v) is 26.6. The summed E-state index contributed by atoms with van der Waals surface area (Å²) in [5.74, 6) is 0.944. The fourth-order valence-electron chi connectivity index (χ4n) is 6.66. The van der Waals surface area contributed by atoms with E-state index in [1.165, 1.54) is 35.7 Å². The highest BCUT2D eigenvalue weighted by molar-refractivity contribution is 5.87. The van der Waals surface area contributed by atoms with Crippen LogP contribution in [0.2, 0.25) is 0 Å². The predicted molar refractivity (Wildman–Crippen MR) is 180 cm³/mol. The van der Waals surface area contributed by atoms with Crippen LogP contribution in [0.3, 0.4) is 0 Å². The van der Waals surface area contributed by atoms with Gasteiger partial charge in [-0.15, -0.1) is 0 Å². The summed E-state index contributed by atoms with van der Waals surface area (Å²) in [5, 5.41) is 0. The van der Waals surface area contributed by atoms with E-state index < -0.39 is 0 Å². The lowest BCUT2D eigenvalue weighted by molar-refractivity contribution is -0.125. The number of para-hydroxylation sites is 1. The van der Waals surface area contributed by atoms with Gasteiger partial charge >= 0.3 is 6.01 Å². The topological polar surface area (TPSA) is 65.0 Å². The van der Waals surface area contributed by atoms with Crippen molar-refractivity contribution in [1.82, 2.24) is 19.8 Å². The zero-order chi connectivity index (χ0) is 30.1. The van der Waals surface area contributed by atoms with E-state index in [2.05, 4.69) is 59.5 Å². The summed E-state index contributed by atoms with van der Waals surface area (Å²) < 4.78 is 6.32. The maximum absolute atomic E-state index is 12.3. The molecule has 0 N–H and O–H groups in total. The summed E-state index contributed by atoms with van der Waals surface area (Å²) in [5.41, 5.74) is 5.21. The molecule has 0 bridgehead atoms. The van der Waals surface area contributed by atoms with Gasteiger partial charge < -0.3 is 24.3 Å². The Morgan fingerprint density at radius 2 is 1.86 bits per heavy atom. The van der Waals surface area contributed by atoms with Gasteiger partial charge in [-0.2, -0.15) is 9.97 Å². The Kier molecular flexibility index (Phi) is 13.3. The van der Waals surface area contributed by atoms with Crippen LogP contribution < -0.4 is 14.5 Å². The van der Waals surface area contributed by atoms with E-state index in [1.807, 2.05) is 25.7 Å². The fourth-order valence-corrected chi connectivity index (χ4v) is 6.66. The number of carbonyl (C=O) groups excluding carboxylic acids is 1. The molecule has 1 amide bonds. The molecule has 0 spiro atoms. The third kappa shape index (κ3) is 8.08. The number of anilines is 2. The van der Waals surface area contributed by atoms with Crippen molar-refractivity contribution in [2.75, 3.05) is 62.7 Å². The largest absolute Gasteiger partial charge is 0.462 e. The van der Waals surface area contributed by atoms with Crippen LogP contribution in [0.4, 0.5) is 11.5 Å². The average molecular weight is 593 g/mol. The number of amides is 1. The van der Waals surface area contributed by atoms with E-state index in [-0.39, 0.29) is 13.3 Å². The van der Waals surface area contributed by atoms with Gasteiger partial charge in [0.05, 0.1) is 5.69 Å².